The third-order valence-electron chi connectivity index (χ3n) is 2.46. The van der Waals surface area contributed by atoms with Crippen LogP contribution in [0.1, 0.15) is 5.76 Å². The molecule has 1 heterocycles. The minimum Gasteiger partial charge on any atom is -0.503 e. The monoisotopic (exact) mass is 235 g/mol. The van der Waals surface area contributed by atoms with Gasteiger partial charge in [0.2, 0.25) is 0 Å². The summed E-state index contributed by atoms with van der Waals surface area (Å²) in [6, 6.07) is 5.24. The van der Waals surface area contributed by atoms with E-state index in [2.05, 4.69) is 5.16 Å². The third kappa shape index (κ3) is 2.04. The van der Waals surface area contributed by atoms with E-state index in [4.69, 9.17) is 14.0 Å². The Morgan fingerprint density at radius 1 is 1.12 bits per heavy atom. The predicted octanol–water partition coefficient (Wildman–Crippen LogP) is 2.37. The molecule has 1 N–H and O–H groups in total. The van der Waals surface area contributed by atoms with Crippen LogP contribution in [0.25, 0.3) is 11.3 Å². The van der Waals surface area contributed by atoms with Gasteiger partial charge in [-0.05, 0) is 12.1 Å². The van der Waals surface area contributed by atoms with E-state index in [0.717, 1.165) is 0 Å². The van der Waals surface area contributed by atoms with Gasteiger partial charge < -0.3 is 19.1 Å². The summed E-state index contributed by atoms with van der Waals surface area (Å²) >= 11 is 0. The van der Waals surface area contributed by atoms with E-state index < -0.39 is 0 Å². The van der Waals surface area contributed by atoms with Gasteiger partial charge >= 0.3 is 0 Å². The molecule has 1 aromatic carbocycles. The first kappa shape index (κ1) is 11.3. The Morgan fingerprint density at radius 3 is 2.12 bits per heavy atom. The molecule has 0 aliphatic rings. The Kier molecular flexibility index (Phi) is 2.91. The molecule has 0 unspecified atom stereocenters. The van der Waals surface area contributed by atoms with Crippen molar-refractivity contribution < 1.29 is 19.1 Å². The van der Waals surface area contributed by atoms with Gasteiger partial charge in [0.25, 0.3) is 0 Å². The molecule has 1 aromatic heterocycles. The zero-order valence-electron chi connectivity index (χ0n) is 9.85. The summed E-state index contributed by atoms with van der Waals surface area (Å²) in [6.07, 6.45) is 0. The lowest BCUT2D eigenvalue weighted by molar-refractivity contribution is 0.384. The van der Waals surface area contributed by atoms with Gasteiger partial charge in [0.05, 0.1) is 14.2 Å². The molecule has 0 bridgehead atoms. The lowest BCUT2D eigenvalue weighted by Gasteiger charge is -2.06. The SMILES string of the molecule is COc1cc(OC)cc(-c2noc(C)c2O)c1. The number of methoxy groups -OCH3 is 2. The topological polar surface area (TPSA) is 64.7 Å². The summed E-state index contributed by atoms with van der Waals surface area (Å²) in [5.41, 5.74) is 1.05. The lowest BCUT2D eigenvalue weighted by Crippen LogP contribution is -1.89. The van der Waals surface area contributed by atoms with Crippen molar-refractivity contribution >= 4 is 0 Å². The van der Waals surface area contributed by atoms with Crippen LogP contribution in [0.15, 0.2) is 22.7 Å². The molecule has 2 rings (SSSR count). The van der Waals surface area contributed by atoms with Gasteiger partial charge in [-0.3, -0.25) is 0 Å². The van der Waals surface area contributed by atoms with Crippen molar-refractivity contribution in [3.05, 3.63) is 24.0 Å². The molecule has 17 heavy (non-hydrogen) atoms. The fraction of sp³-hybridized carbons (Fsp3) is 0.250. The van der Waals surface area contributed by atoms with Crippen LogP contribution in [0, 0.1) is 6.92 Å². The molecule has 0 spiro atoms. The largest absolute Gasteiger partial charge is 0.503 e. The summed E-state index contributed by atoms with van der Waals surface area (Å²) in [4.78, 5) is 0. The highest BCUT2D eigenvalue weighted by Crippen LogP contribution is 2.35. The second-order valence-corrected chi connectivity index (χ2v) is 3.54. The second kappa shape index (κ2) is 4.37. The number of aromatic hydroxyl groups is 1. The van der Waals surface area contributed by atoms with Gasteiger partial charge in [0.1, 0.15) is 11.5 Å². The average Bonchev–Trinajstić information content (AvgIpc) is 2.69. The fourth-order valence-corrected chi connectivity index (χ4v) is 1.50. The van der Waals surface area contributed by atoms with E-state index in [9.17, 15) is 5.11 Å². The molecule has 0 radical (unpaired) electrons. The minimum absolute atomic E-state index is 0.0281. The number of hydrogen-bond donors (Lipinski definition) is 1. The van der Waals surface area contributed by atoms with Crippen LogP contribution in [0.5, 0.6) is 17.2 Å². The fourth-order valence-electron chi connectivity index (χ4n) is 1.50. The summed E-state index contributed by atoms with van der Waals surface area (Å²) in [7, 11) is 3.12. The zero-order valence-corrected chi connectivity index (χ0v) is 9.85. The zero-order chi connectivity index (χ0) is 12.4. The molecule has 0 saturated carbocycles. The predicted molar refractivity (Wildman–Crippen MR) is 61.4 cm³/mol. The van der Waals surface area contributed by atoms with Crippen LogP contribution in [0.2, 0.25) is 0 Å². The Labute approximate surface area is 98.6 Å². The molecular weight excluding hydrogens is 222 g/mol. The van der Waals surface area contributed by atoms with Crippen LogP contribution < -0.4 is 9.47 Å². The summed E-state index contributed by atoms with van der Waals surface area (Å²) in [6.45, 7) is 1.64. The van der Waals surface area contributed by atoms with Crippen molar-refractivity contribution in [2.24, 2.45) is 0 Å². The molecule has 2 aromatic rings. The molecule has 0 aliphatic carbocycles. The van der Waals surface area contributed by atoms with Crippen molar-refractivity contribution in [3.63, 3.8) is 0 Å². The number of rotatable bonds is 3. The Bertz CT molecular complexity index is 511. The smallest absolute Gasteiger partial charge is 0.186 e. The first-order chi connectivity index (χ1) is 8.15. The lowest BCUT2D eigenvalue weighted by atomic mass is 10.1. The Balaban J connectivity index is 2.54. The van der Waals surface area contributed by atoms with Crippen LogP contribution in [0.4, 0.5) is 0 Å². The molecule has 5 nitrogen and oxygen atoms in total. The molecule has 0 fully saturated rings. The molecule has 0 amide bonds. The highest BCUT2D eigenvalue weighted by molar-refractivity contribution is 5.69. The third-order valence-corrected chi connectivity index (χ3v) is 2.46. The number of ether oxygens (including phenoxy) is 2. The van der Waals surface area contributed by atoms with Crippen molar-refractivity contribution in [2.75, 3.05) is 14.2 Å². The van der Waals surface area contributed by atoms with E-state index in [-0.39, 0.29) is 5.75 Å². The molecular formula is C12H13NO4. The first-order valence-electron chi connectivity index (χ1n) is 5.04. The molecule has 90 valence electrons. The van der Waals surface area contributed by atoms with Crippen molar-refractivity contribution in [1.29, 1.82) is 0 Å². The first-order valence-corrected chi connectivity index (χ1v) is 5.04. The van der Waals surface area contributed by atoms with Gasteiger partial charge in [0, 0.05) is 18.6 Å². The maximum atomic E-state index is 9.78. The van der Waals surface area contributed by atoms with Crippen molar-refractivity contribution in [2.45, 2.75) is 6.92 Å². The maximum absolute atomic E-state index is 9.78. The highest BCUT2D eigenvalue weighted by Gasteiger charge is 2.15. The number of hydrogen-bond acceptors (Lipinski definition) is 5. The summed E-state index contributed by atoms with van der Waals surface area (Å²) in [5.74, 6) is 1.65. The van der Waals surface area contributed by atoms with E-state index in [0.29, 0.717) is 28.5 Å². The van der Waals surface area contributed by atoms with Gasteiger partial charge in [-0.15, -0.1) is 0 Å². The van der Waals surface area contributed by atoms with Crippen LogP contribution >= 0.6 is 0 Å². The van der Waals surface area contributed by atoms with E-state index in [1.807, 2.05) is 0 Å². The van der Waals surface area contributed by atoms with Gasteiger partial charge in [-0.1, -0.05) is 5.16 Å². The average molecular weight is 235 g/mol. The molecule has 0 saturated heterocycles. The van der Waals surface area contributed by atoms with E-state index in [1.165, 1.54) is 0 Å². The number of aromatic nitrogens is 1. The summed E-state index contributed by atoms with van der Waals surface area (Å²) < 4.78 is 15.2. The standard InChI is InChI=1S/C12H13NO4/c1-7-12(14)11(13-17-7)8-4-9(15-2)6-10(5-8)16-3/h4-6,14H,1-3H3. The van der Waals surface area contributed by atoms with Crippen LogP contribution in [-0.4, -0.2) is 24.5 Å². The molecule has 0 atom stereocenters. The molecule has 5 heteroatoms. The van der Waals surface area contributed by atoms with E-state index in [1.54, 1.807) is 39.3 Å². The second-order valence-electron chi connectivity index (χ2n) is 3.54. The Morgan fingerprint density at radius 2 is 1.71 bits per heavy atom. The number of aryl methyl sites for hydroxylation is 1. The highest BCUT2D eigenvalue weighted by atomic mass is 16.5. The number of nitrogens with zero attached hydrogens (tertiary/aromatic N) is 1. The van der Waals surface area contributed by atoms with Gasteiger partial charge in [-0.25, -0.2) is 0 Å². The van der Waals surface area contributed by atoms with Crippen molar-refractivity contribution in [1.82, 2.24) is 5.16 Å². The quantitative estimate of drug-likeness (QED) is 0.884. The van der Waals surface area contributed by atoms with Gasteiger partial charge in [0.15, 0.2) is 17.2 Å². The maximum Gasteiger partial charge on any atom is 0.186 e. The van der Waals surface area contributed by atoms with Crippen LogP contribution in [0.3, 0.4) is 0 Å². The normalized spacial score (nSPS) is 10.3. The van der Waals surface area contributed by atoms with Crippen LogP contribution in [-0.2, 0) is 0 Å². The van der Waals surface area contributed by atoms with Gasteiger partial charge in [-0.2, -0.15) is 0 Å². The van der Waals surface area contributed by atoms with E-state index >= 15 is 0 Å². The summed E-state index contributed by atoms with van der Waals surface area (Å²) in [5, 5.41) is 13.6. The van der Waals surface area contributed by atoms with Crippen molar-refractivity contribution in [3.8, 4) is 28.5 Å². The molecule has 0 aliphatic heterocycles. The number of benzene rings is 1. The minimum atomic E-state index is 0.0281. The Hall–Kier alpha value is -2.17.